The van der Waals surface area contributed by atoms with Gasteiger partial charge in [0.05, 0.1) is 5.76 Å². The van der Waals surface area contributed by atoms with Gasteiger partial charge in [-0.05, 0) is 63.1 Å². The molecule has 0 heterocycles. The molecule has 4 heteroatoms. The van der Waals surface area contributed by atoms with Crippen LogP contribution < -0.4 is 0 Å². The highest BCUT2D eigenvalue weighted by Crippen LogP contribution is 2.38. The van der Waals surface area contributed by atoms with E-state index < -0.39 is 16.6 Å². The van der Waals surface area contributed by atoms with Crippen LogP contribution >= 0.6 is 0 Å². The van der Waals surface area contributed by atoms with Crippen LogP contribution in [0.2, 0.25) is 37.8 Å². The Morgan fingerprint density at radius 2 is 1.75 bits per heavy atom. The molecule has 0 spiro atoms. The Labute approximate surface area is 128 Å². The predicted octanol–water partition coefficient (Wildman–Crippen LogP) is 5.54. The van der Waals surface area contributed by atoms with Crippen molar-refractivity contribution in [1.29, 1.82) is 0 Å². The molecular weight excluding hydrogens is 280 g/mol. The summed E-state index contributed by atoms with van der Waals surface area (Å²) in [4.78, 5) is 0. The molecule has 0 aliphatic heterocycles. The van der Waals surface area contributed by atoms with E-state index in [1.165, 1.54) is 18.6 Å². The van der Waals surface area contributed by atoms with Gasteiger partial charge in [0.1, 0.15) is 0 Å². The van der Waals surface area contributed by atoms with Crippen LogP contribution in [0.1, 0.15) is 40.0 Å². The zero-order valence-electron chi connectivity index (χ0n) is 14.8. The third kappa shape index (κ3) is 5.37. The lowest BCUT2D eigenvalue weighted by atomic mass is 9.95. The van der Waals surface area contributed by atoms with Crippen LogP contribution in [-0.4, -0.2) is 23.2 Å². The summed E-state index contributed by atoms with van der Waals surface area (Å²) >= 11 is 0. The van der Waals surface area contributed by atoms with Gasteiger partial charge >= 0.3 is 0 Å². The zero-order valence-corrected chi connectivity index (χ0v) is 16.8. The lowest BCUT2D eigenvalue weighted by molar-refractivity contribution is 0.195. The molecule has 118 valence electrons. The van der Waals surface area contributed by atoms with Gasteiger partial charge in [-0.1, -0.05) is 20.8 Å². The number of hydrogen-bond donors (Lipinski definition) is 0. The molecule has 0 saturated heterocycles. The highest BCUT2D eigenvalue weighted by molar-refractivity contribution is 6.74. The molecule has 0 amide bonds. The fourth-order valence-corrected chi connectivity index (χ4v) is 4.09. The van der Waals surface area contributed by atoms with Crippen molar-refractivity contribution in [3.63, 3.8) is 0 Å². The minimum Gasteiger partial charge on any atom is -0.547 e. The molecule has 2 nitrogen and oxygen atoms in total. The monoisotopic (exact) mass is 314 g/mol. The highest BCUT2D eigenvalue weighted by atomic mass is 28.4. The summed E-state index contributed by atoms with van der Waals surface area (Å²) in [5.74, 6) is 1.69. The Bertz CT molecular complexity index is 348. The van der Waals surface area contributed by atoms with E-state index in [1.54, 1.807) is 0 Å². The lowest BCUT2D eigenvalue weighted by Crippen LogP contribution is -2.42. The fraction of sp³-hybridized carbons (Fsp3) is 0.875. The van der Waals surface area contributed by atoms with Crippen molar-refractivity contribution in [2.24, 2.45) is 5.92 Å². The molecule has 0 radical (unpaired) electrons. The summed E-state index contributed by atoms with van der Waals surface area (Å²) in [6.07, 6.45) is 5.95. The first-order valence-corrected chi connectivity index (χ1v) is 14.3. The van der Waals surface area contributed by atoms with Gasteiger partial charge in [0.25, 0.3) is 0 Å². The summed E-state index contributed by atoms with van der Waals surface area (Å²) in [6.45, 7) is 19.2. The molecule has 1 aliphatic rings. The van der Waals surface area contributed by atoms with Crippen LogP contribution in [0.4, 0.5) is 0 Å². The quantitative estimate of drug-likeness (QED) is 0.620. The number of hydrogen-bond acceptors (Lipinski definition) is 2. The first kappa shape index (κ1) is 18.0. The normalized spacial score (nSPS) is 21.6. The topological polar surface area (TPSA) is 18.5 Å². The van der Waals surface area contributed by atoms with Gasteiger partial charge in [0.15, 0.2) is 8.32 Å². The predicted molar refractivity (Wildman–Crippen MR) is 93.0 cm³/mol. The standard InChI is InChI=1S/C16H34O2Si2/c1-16(2,3)20(7,8)17-13-14-11-9-10-12-15(14)18-19(4,5)6/h12,14H,9-11,13H2,1-8H3/t14-/m1/s1. The Balaban J connectivity index is 2.66. The molecular formula is C16H34O2Si2. The van der Waals surface area contributed by atoms with Gasteiger partial charge in [-0.2, -0.15) is 0 Å². The lowest BCUT2D eigenvalue weighted by Gasteiger charge is -2.38. The van der Waals surface area contributed by atoms with Crippen LogP contribution in [0, 0.1) is 5.92 Å². The molecule has 0 aromatic carbocycles. The summed E-state index contributed by atoms with van der Waals surface area (Å²) in [5.41, 5.74) is 0. The highest BCUT2D eigenvalue weighted by Gasteiger charge is 2.38. The van der Waals surface area contributed by atoms with Gasteiger partial charge in [0, 0.05) is 12.5 Å². The summed E-state index contributed by atoms with van der Waals surface area (Å²) in [6, 6.07) is 0. The fourth-order valence-electron chi connectivity index (χ4n) is 2.09. The molecule has 0 aromatic heterocycles. The molecule has 0 fully saturated rings. The molecule has 0 saturated carbocycles. The van der Waals surface area contributed by atoms with Crippen molar-refractivity contribution < 1.29 is 8.85 Å². The Kier molecular flexibility index (Phi) is 5.72. The van der Waals surface area contributed by atoms with Crippen molar-refractivity contribution in [3.8, 4) is 0 Å². The maximum absolute atomic E-state index is 6.41. The van der Waals surface area contributed by atoms with Gasteiger partial charge in [0.2, 0.25) is 8.32 Å². The molecule has 0 unspecified atom stereocenters. The third-order valence-electron chi connectivity index (χ3n) is 4.38. The van der Waals surface area contributed by atoms with E-state index in [4.69, 9.17) is 8.85 Å². The minimum absolute atomic E-state index is 0.283. The average molecular weight is 315 g/mol. The molecule has 20 heavy (non-hydrogen) atoms. The average Bonchev–Trinajstić information content (AvgIpc) is 2.24. The van der Waals surface area contributed by atoms with E-state index in [2.05, 4.69) is 59.6 Å². The van der Waals surface area contributed by atoms with Crippen molar-refractivity contribution in [2.45, 2.75) is 77.8 Å². The first-order chi connectivity index (χ1) is 8.92. The van der Waals surface area contributed by atoms with Crippen LogP contribution in [0.15, 0.2) is 11.8 Å². The van der Waals surface area contributed by atoms with Crippen molar-refractivity contribution in [2.75, 3.05) is 6.61 Å². The van der Waals surface area contributed by atoms with E-state index in [0.717, 1.165) is 13.0 Å². The summed E-state index contributed by atoms with van der Waals surface area (Å²) < 4.78 is 12.7. The molecule has 0 aromatic rings. The second-order valence-corrected chi connectivity index (χ2v) is 17.8. The van der Waals surface area contributed by atoms with Crippen LogP contribution in [0.3, 0.4) is 0 Å². The van der Waals surface area contributed by atoms with Crippen molar-refractivity contribution in [3.05, 3.63) is 11.8 Å². The second-order valence-electron chi connectivity index (χ2n) is 8.52. The Morgan fingerprint density at radius 1 is 1.15 bits per heavy atom. The van der Waals surface area contributed by atoms with E-state index >= 15 is 0 Å². The molecule has 1 atom stereocenters. The number of allylic oxidation sites excluding steroid dienone is 1. The Hall–Kier alpha value is -0.0662. The Morgan fingerprint density at radius 3 is 2.25 bits per heavy atom. The molecule has 1 aliphatic carbocycles. The van der Waals surface area contributed by atoms with Gasteiger partial charge in [-0.15, -0.1) is 0 Å². The zero-order chi connectivity index (χ0) is 15.6. The van der Waals surface area contributed by atoms with E-state index in [0.29, 0.717) is 5.92 Å². The second kappa shape index (κ2) is 6.36. The number of rotatable bonds is 5. The van der Waals surface area contributed by atoms with Gasteiger partial charge in [-0.25, -0.2) is 0 Å². The van der Waals surface area contributed by atoms with E-state index in [-0.39, 0.29) is 5.04 Å². The summed E-state index contributed by atoms with van der Waals surface area (Å²) in [5, 5.41) is 0.283. The minimum atomic E-state index is -1.65. The van der Waals surface area contributed by atoms with Crippen molar-refractivity contribution >= 4 is 16.6 Å². The van der Waals surface area contributed by atoms with Crippen LogP contribution in [0.25, 0.3) is 0 Å². The van der Waals surface area contributed by atoms with Gasteiger partial charge < -0.3 is 8.85 Å². The SMILES string of the molecule is CC(C)(C)[Si](C)(C)OC[C@H]1CCCC=C1O[Si](C)(C)C. The largest absolute Gasteiger partial charge is 0.547 e. The maximum atomic E-state index is 6.41. The van der Waals surface area contributed by atoms with E-state index in [1.807, 2.05) is 0 Å². The van der Waals surface area contributed by atoms with Crippen molar-refractivity contribution in [1.82, 2.24) is 0 Å². The maximum Gasteiger partial charge on any atom is 0.241 e. The molecule has 1 rings (SSSR count). The van der Waals surface area contributed by atoms with Gasteiger partial charge in [-0.3, -0.25) is 0 Å². The van der Waals surface area contributed by atoms with Crippen LogP contribution in [-0.2, 0) is 8.85 Å². The first-order valence-electron chi connectivity index (χ1n) is 7.95. The van der Waals surface area contributed by atoms with Crippen LogP contribution in [0.5, 0.6) is 0 Å². The summed E-state index contributed by atoms with van der Waals surface area (Å²) in [7, 11) is -3.16. The third-order valence-corrected chi connectivity index (χ3v) is 9.73. The smallest absolute Gasteiger partial charge is 0.241 e. The molecule has 0 N–H and O–H groups in total. The van der Waals surface area contributed by atoms with E-state index in [9.17, 15) is 0 Å². The molecule has 0 bridgehead atoms.